The molecular formula is C17H21NO2S. The number of benzene rings is 1. The molecule has 1 aromatic heterocycles. The number of rotatable bonds is 4. The van der Waals surface area contributed by atoms with Crippen LogP contribution in [0.15, 0.2) is 23.6 Å². The van der Waals surface area contributed by atoms with Crippen LogP contribution in [0.2, 0.25) is 0 Å². The number of aliphatic hydroxyl groups is 1. The van der Waals surface area contributed by atoms with E-state index in [1.165, 1.54) is 0 Å². The van der Waals surface area contributed by atoms with Crippen molar-refractivity contribution in [2.24, 2.45) is 0 Å². The van der Waals surface area contributed by atoms with Crippen molar-refractivity contribution in [3.05, 3.63) is 45.4 Å². The van der Waals surface area contributed by atoms with Gasteiger partial charge in [0, 0.05) is 11.3 Å². The SMILES string of the molecule is CC(C)c1nc(COc2cccc3c2CCCC3O)cs1. The molecule has 4 heteroatoms. The predicted octanol–water partition coefficient (Wildman–Crippen LogP) is 4.22. The van der Waals surface area contributed by atoms with Crippen LogP contribution in [0, 0.1) is 0 Å². The maximum Gasteiger partial charge on any atom is 0.131 e. The van der Waals surface area contributed by atoms with E-state index in [2.05, 4.69) is 24.2 Å². The zero-order chi connectivity index (χ0) is 14.8. The first-order valence-electron chi connectivity index (χ1n) is 7.52. The predicted molar refractivity (Wildman–Crippen MR) is 84.9 cm³/mol. The molecule has 2 aromatic rings. The van der Waals surface area contributed by atoms with Gasteiger partial charge < -0.3 is 9.84 Å². The van der Waals surface area contributed by atoms with Gasteiger partial charge in [-0.15, -0.1) is 11.3 Å². The monoisotopic (exact) mass is 303 g/mol. The van der Waals surface area contributed by atoms with Crippen molar-refractivity contribution in [2.75, 3.05) is 0 Å². The van der Waals surface area contributed by atoms with Gasteiger partial charge in [0.25, 0.3) is 0 Å². The lowest BCUT2D eigenvalue weighted by molar-refractivity contribution is 0.155. The third-order valence-electron chi connectivity index (χ3n) is 3.87. The summed E-state index contributed by atoms with van der Waals surface area (Å²) in [6, 6.07) is 5.96. The van der Waals surface area contributed by atoms with E-state index in [1.807, 2.05) is 18.2 Å². The van der Waals surface area contributed by atoms with Crippen molar-refractivity contribution >= 4 is 11.3 Å². The van der Waals surface area contributed by atoms with Crippen molar-refractivity contribution in [1.82, 2.24) is 4.98 Å². The number of aromatic nitrogens is 1. The number of hydrogen-bond donors (Lipinski definition) is 1. The fraction of sp³-hybridized carbons (Fsp3) is 0.471. The summed E-state index contributed by atoms with van der Waals surface area (Å²) in [5.41, 5.74) is 3.17. The topological polar surface area (TPSA) is 42.4 Å². The van der Waals surface area contributed by atoms with E-state index < -0.39 is 0 Å². The smallest absolute Gasteiger partial charge is 0.131 e. The van der Waals surface area contributed by atoms with Crippen LogP contribution < -0.4 is 4.74 Å². The maximum atomic E-state index is 10.1. The molecule has 0 bridgehead atoms. The van der Waals surface area contributed by atoms with Gasteiger partial charge in [0.1, 0.15) is 12.4 Å². The summed E-state index contributed by atoms with van der Waals surface area (Å²) < 4.78 is 5.96. The van der Waals surface area contributed by atoms with Crippen LogP contribution in [0.25, 0.3) is 0 Å². The van der Waals surface area contributed by atoms with E-state index in [9.17, 15) is 5.11 Å². The molecule has 0 saturated carbocycles. The molecule has 1 unspecified atom stereocenters. The van der Waals surface area contributed by atoms with Crippen molar-refractivity contribution in [3.63, 3.8) is 0 Å². The molecule has 1 atom stereocenters. The quantitative estimate of drug-likeness (QED) is 0.919. The summed E-state index contributed by atoms with van der Waals surface area (Å²) in [7, 11) is 0. The fourth-order valence-corrected chi connectivity index (χ4v) is 3.55. The second-order valence-electron chi connectivity index (χ2n) is 5.85. The van der Waals surface area contributed by atoms with E-state index in [1.54, 1.807) is 11.3 Å². The molecule has 1 aliphatic carbocycles. The van der Waals surface area contributed by atoms with Gasteiger partial charge in [0.15, 0.2) is 0 Å². The highest BCUT2D eigenvalue weighted by Crippen LogP contribution is 2.35. The molecule has 1 aliphatic rings. The second-order valence-corrected chi connectivity index (χ2v) is 6.74. The van der Waals surface area contributed by atoms with Crippen LogP contribution in [0.5, 0.6) is 5.75 Å². The molecule has 1 aromatic carbocycles. The van der Waals surface area contributed by atoms with Crippen LogP contribution in [-0.2, 0) is 13.0 Å². The Hall–Kier alpha value is -1.39. The Kier molecular flexibility index (Phi) is 4.27. The third-order valence-corrected chi connectivity index (χ3v) is 5.07. The molecule has 112 valence electrons. The van der Waals surface area contributed by atoms with Crippen LogP contribution in [0.3, 0.4) is 0 Å². The first kappa shape index (κ1) is 14.5. The lowest BCUT2D eigenvalue weighted by Gasteiger charge is -2.23. The summed E-state index contributed by atoms with van der Waals surface area (Å²) in [4.78, 5) is 4.60. The summed E-state index contributed by atoms with van der Waals surface area (Å²) in [5, 5.41) is 13.3. The standard InChI is InChI=1S/C17H21NO2S/c1-11(2)17-18-12(10-21-17)9-20-16-8-4-5-13-14(16)6-3-7-15(13)19/h4-5,8,10-11,15,19H,3,6-7,9H2,1-2H3. The number of fused-ring (bicyclic) bond motifs is 1. The van der Waals surface area contributed by atoms with E-state index in [0.29, 0.717) is 12.5 Å². The third kappa shape index (κ3) is 3.11. The van der Waals surface area contributed by atoms with Crippen molar-refractivity contribution in [1.29, 1.82) is 0 Å². The summed E-state index contributed by atoms with van der Waals surface area (Å²) in [6.45, 7) is 4.80. The summed E-state index contributed by atoms with van der Waals surface area (Å²) in [5.74, 6) is 1.36. The van der Waals surface area contributed by atoms with E-state index in [4.69, 9.17) is 4.74 Å². The minimum atomic E-state index is -0.343. The molecule has 0 fully saturated rings. The molecule has 3 rings (SSSR count). The molecule has 3 nitrogen and oxygen atoms in total. The zero-order valence-corrected chi connectivity index (χ0v) is 13.3. The van der Waals surface area contributed by atoms with Crippen LogP contribution in [0.1, 0.15) is 60.5 Å². The van der Waals surface area contributed by atoms with Crippen LogP contribution in [-0.4, -0.2) is 10.1 Å². The maximum absolute atomic E-state index is 10.1. The Morgan fingerprint density at radius 2 is 2.29 bits per heavy atom. The van der Waals surface area contributed by atoms with Gasteiger partial charge in [-0.2, -0.15) is 0 Å². The molecule has 0 saturated heterocycles. The second kappa shape index (κ2) is 6.16. The number of hydrogen-bond acceptors (Lipinski definition) is 4. The molecule has 0 spiro atoms. The fourth-order valence-electron chi connectivity index (χ4n) is 2.73. The molecule has 0 radical (unpaired) electrons. The van der Waals surface area contributed by atoms with Crippen molar-refractivity contribution < 1.29 is 9.84 Å². The number of aliphatic hydroxyl groups excluding tert-OH is 1. The normalized spacial score (nSPS) is 17.8. The Bertz CT molecular complexity index is 621. The van der Waals surface area contributed by atoms with Crippen LogP contribution in [0.4, 0.5) is 0 Å². The van der Waals surface area contributed by atoms with Crippen molar-refractivity contribution in [2.45, 2.75) is 51.7 Å². The molecule has 0 aliphatic heterocycles. The van der Waals surface area contributed by atoms with E-state index >= 15 is 0 Å². The van der Waals surface area contributed by atoms with Gasteiger partial charge in [0.05, 0.1) is 16.8 Å². The Morgan fingerprint density at radius 3 is 3.05 bits per heavy atom. The van der Waals surface area contributed by atoms with Crippen LogP contribution >= 0.6 is 11.3 Å². The Balaban J connectivity index is 1.74. The van der Waals surface area contributed by atoms with Gasteiger partial charge in [0.2, 0.25) is 0 Å². The molecule has 21 heavy (non-hydrogen) atoms. The minimum Gasteiger partial charge on any atom is -0.487 e. The number of nitrogens with zero attached hydrogens (tertiary/aromatic N) is 1. The first-order valence-corrected chi connectivity index (χ1v) is 8.40. The van der Waals surface area contributed by atoms with Gasteiger partial charge in [-0.3, -0.25) is 0 Å². The average molecular weight is 303 g/mol. The summed E-state index contributed by atoms with van der Waals surface area (Å²) >= 11 is 1.69. The largest absolute Gasteiger partial charge is 0.487 e. The van der Waals surface area contributed by atoms with Crippen molar-refractivity contribution in [3.8, 4) is 5.75 Å². The lowest BCUT2D eigenvalue weighted by atomic mass is 9.89. The molecule has 0 amide bonds. The van der Waals surface area contributed by atoms with Gasteiger partial charge in [-0.1, -0.05) is 26.0 Å². The lowest BCUT2D eigenvalue weighted by Crippen LogP contribution is -2.11. The van der Waals surface area contributed by atoms with Gasteiger partial charge in [-0.25, -0.2) is 4.98 Å². The Labute approximate surface area is 129 Å². The first-order chi connectivity index (χ1) is 10.1. The van der Waals surface area contributed by atoms with Gasteiger partial charge in [-0.05, 0) is 36.5 Å². The van der Waals surface area contributed by atoms with Gasteiger partial charge >= 0.3 is 0 Å². The molecular weight excluding hydrogens is 282 g/mol. The number of ether oxygens (including phenoxy) is 1. The average Bonchev–Trinajstić information content (AvgIpc) is 2.95. The highest BCUT2D eigenvalue weighted by molar-refractivity contribution is 7.09. The van der Waals surface area contributed by atoms with E-state index in [0.717, 1.165) is 46.8 Å². The summed E-state index contributed by atoms with van der Waals surface area (Å²) in [6.07, 6.45) is 2.50. The van der Waals surface area contributed by atoms with E-state index in [-0.39, 0.29) is 6.10 Å². The molecule has 1 heterocycles. The minimum absolute atomic E-state index is 0.343. The highest BCUT2D eigenvalue weighted by Gasteiger charge is 2.21. The number of thiazole rings is 1. The zero-order valence-electron chi connectivity index (χ0n) is 12.5. The Morgan fingerprint density at radius 1 is 1.43 bits per heavy atom. The molecule has 1 N–H and O–H groups in total. The highest BCUT2D eigenvalue weighted by atomic mass is 32.1.